The van der Waals surface area contributed by atoms with Crippen LogP contribution in [0.25, 0.3) is 0 Å². The monoisotopic (exact) mass is 526 g/mol. The first kappa shape index (κ1) is 30.7. The van der Waals surface area contributed by atoms with Crippen LogP contribution in [0.15, 0.2) is 58.7 Å². The molecule has 0 aliphatic heterocycles. The molecule has 1 unspecified atom stereocenters. The summed E-state index contributed by atoms with van der Waals surface area (Å²) < 4.78 is 0.122. The summed E-state index contributed by atoms with van der Waals surface area (Å²) in [7, 11) is -0.539. The molecule has 1 aliphatic rings. The van der Waals surface area contributed by atoms with Gasteiger partial charge in [0.1, 0.15) is 0 Å². The van der Waals surface area contributed by atoms with Gasteiger partial charge in [-0.05, 0) is 0 Å². The third-order valence-corrected chi connectivity index (χ3v) is 11.8. The average Bonchev–Trinajstić information content (AvgIpc) is 2.78. The van der Waals surface area contributed by atoms with E-state index in [9.17, 15) is 0 Å². The van der Waals surface area contributed by atoms with Crippen LogP contribution in [0.4, 0.5) is 0 Å². The van der Waals surface area contributed by atoms with Crippen LogP contribution in [0, 0.1) is 27.7 Å². The molecule has 0 saturated heterocycles. The van der Waals surface area contributed by atoms with Crippen LogP contribution in [0.1, 0.15) is 61.1 Å². The first-order valence-electron chi connectivity index (χ1n) is 10.3. The van der Waals surface area contributed by atoms with Crippen LogP contribution in [-0.4, -0.2) is 9.52 Å². The summed E-state index contributed by atoms with van der Waals surface area (Å²) in [4.78, 5) is 0. The van der Waals surface area contributed by atoms with E-state index in [4.69, 9.17) is 0 Å². The third-order valence-electron chi connectivity index (χ3n) is 7.14. The minimum atomic E-state index is -0.539. The molecule has 0 spiro atoms. The van der Waals surface area contributed by atoms with Crippen molar-refractivity contribution >= 4 is 14.7 Å². The Hall–Kier alpha value is -0.279. The van der Waals surface area contributed by atoms with E-state index >= 15 is 0 Å². The van der Waals surface area contributed by atoms with Crippen molar-refractivity contribution in [3.8, 4) is 0 Å². The smallest absolute Gasteiger partial charge is 1.00 e. The quantitative estimate of drug-likeness (QED) is 0.369. The van der Waals surface area contributed by atoms with E-state index in [0.29, 0.717) is 5.54 Å². The molecule has 0 saturated carbocycles. The normalized spacial score (nSPS) is 16.2. The molecule has 0 N–H and O–H groups in total. The minimum absolute atomic E-state index is 0. The van der Waals surface area contributed by atoms with Crippen molar-refractivity contribution in [1.82, 2.24) is 0 Å². The Balaban J connectivity index is 0.00000300. The zero-order chi connectivity index (χ0) is 20.8. The van der Waals surface area contributed by atoms with Crippen LogP contribution in [0.2, 0.25) is 3.72 Å². The summed E-state index contributed by atoms with van der Waals surface area (Å²) >= 11 is 2.51. The number of rotatable bonds is 4. The minimum Gasteiger partial charge on any atom is -1.00 e. The molecule has 0 nitrogen and oxygen atoms in total. The predicted octanol–water partition coefficient (Wildman–Crippen LogP) is -3.14. The summed E-state index contributed by atoms with van der Waals surface area (Å²) in [6.45, 7) is 18.4. The predicted molar refractivity (Wildman–Crippen MR) is 122 cm³/mol. The van der Waals surface area contributed by atoms with Gasteiger partial charge in [-0.3, -0.25) is 0 Å². The number of halogens is 3. The van der Waals surface area contributed by atoms with Gasteiger partial charge in [-0.1, -0.05) is 0 Å². The molecule has 1 aliphatic carbocycles. The molecule has 0 fully saturated rings. The fourth-order valence-electron chi connectivity index (χ4n) is 5.03. The second kappa shape index (κ2) is 11.7. The molecule has 0 aromatic heterocycles. The molecule has 31 heavy (non-hydrogen) atoms. The third kappa shape index (κ3) is 5.62. The topological polar surface area (TPSA) is 0 Å². The van der Waals surface area contributed by atoms with E-state index in [1.807, 2.05) is 0 Å². The van der Waals surface area contributed by atoms with Crippen molar-refractivity contribution in [2.75, 3.05) is 0 Å². The fourth-order valence-corrected chi connectivity index (χ4v) is 9.27. The molecule has 2 aromatic rings. The molecule has 3 rings (SSSR count). The molecule has 0 radical (unpaired) electrons. The van der Waals surface area contributed by atoms with Crippen molar-refractivity contribution in [3.63, 3.8) is 0 Å². The van der Waals surface area contributed by atoms with Crippen molar-refractivity contribution in [3.05, 3.63) is 86.5 Å². The average molecular weight is 528 g/mol. The SMILES string of the molecule is CC1=C(C)[C]([Ti+3])(C([SiH2]c2cc(C)cc(C)c2)c2cccc(C)c2C)C(C)=C1C.[Cl-].[Cl-].[Cl-]. The van der Waals surface area contributed by atoms with Gasteiger partial charge in [0.25, 0.3) is 0 Å². The molecule has 1 atom stereocenters. The molecule has 5 heteroatoms. The van der Waals surface area contributed by atoms with E-state index in [0.717, 1.165) is 0 Å². The van der Waals surface area contributed by atoms with Gasteiger partial charge < -0.3 is 37.2 Å². The summed E-state index contributed by atoms with van der Waals surface area (Å²) in [5.74, 6) is 0. The van der Waals surface area contributed by atoms with Gasteiger partial charge in [-0.2, -0.15) is 0 Å². The Morgan fingerprint density at radius 1 is 0.742 bits per heavy atom. The molecule has 0 bridgehead atoms. The van der Waals surface area contributed by atoms with E-state index in [1.165, 1.54) is 33.4 Å². The van der Waals surface area contributed by atoms with Crippen LogP contribution in [0.3, 0.4) is 0 Å². The van der Waals surface area contributed by atoms with E-state index in [-0.39, 0.29) is 40.9 Å². The van der Waals surface area contributed by atoms with Crippen molar-refractivity contribution in [2.24, 2.45) is 0 Å². The Bertz CT molecular complexity index is 963. The summed E-state index contributed by atoms with van der Waals surface area (Å²) in [6.07, 6.45) is 0. The molecule has 166 valence electrons. The standard InChI is InChI=1S/C26H33Si.3ClH.Ti/c1-15-12-16(2)14-23(13-15)27-26(24-11-9-10-17(3)18(24)4)25-21(7)19(5)20(6)22(25)8;;;;/h9-14,26H,27H2,1-8H3;3*1H;/q;;;;+3/p-3. The van der Waals surface area contributed by atoms with E-state index in [2.05, 4.69) is 112 Å². The zero-order valence-electron chi connectivity index (χ0n) is 19.9. The molecular weight excluding hydrogens is 495 g/mol. The van der Waals surface area contributed by atoms with Crippen molar-refractivity contribution < 1.29 is 57.7 Å². The van der Waals surface area contributed by atoms with Gasteiger partial charge in [0.15, 0.2) is 0 Å². The molecular formula is C26H33Cl3SiTi. The first-order chi connectivity index (χ1) is 13.1. The second-order valence-corrected chi connectivity index (χ2v) is 12.1. The van der Waals surface area contributed by atoms with Crippen molar-refractivity contribution in [1.29, 1.82) is 0 Å². The Labute approximate surface area is 222 Å². The van der Waals surface area contributed by atoms with Crippen LogP contribution >= 0.6 is 0 Å². The maximum Gasteiger partial charge on any atom is -1.00 e. The summed E-state index contributed by atoms with van der Waals surface area (Å²) in [6, 6.07) is 14.1. The molecule has 0 heterocycles. The molecule has 2 aromatic carbocycles. The largest absolute Gasteiger partial charge is 1.00 e. The Kier molecular flexibility index (Phi) is 11.6. The number of benzene rings is 2. The summed E-state index contributed by atoms with van der Waals surface area (Å²) in [5.41, 5.74) is 14.0. The molecule has 0 amide bonds. The maximum atomic E-state index is 2.51. The van der Waals surface area contributed by atoms with Gasteiger partial charge in [0.2, 0.25) is 0 Å². The van der Waals surface area contributed by atoms with E-state index in [1.54, 1.807) is 21.9 Å². The van der Waals surface area contributed by atoms with Crippen LogP contribution in [-0.2, 0) is 20.4 Å². The number of allylic oxidation sites excluding steroid dienone is 4. The van der Waals surface area contributed by atoms with Gasteiger partial charge in [-0.25, -0.2) is 0 Å². The Morgan fingerprint density at radius 3 is 1.71 bits per heavy atom. The Morgan fingerprint density at radius 2 is 1.23 bits per heavy atom. The summed E-state index contributed by atoms with van der Waals surface area (Å²) in [5, 5.41) is 1.59. The fraction of sp³-hybridized carbons (Fsp3) is 0.385. The van der Waals surface area contributed by atoms with E-state index < -0.39 is 9.52 Å². The van der Waals surface area contributed by atoms with Crippen LogP contribution in [0.5, 0.6) is 0 Å². The maximum absolute atomic E-state index is 2.51. The number of hydrogen-bond donors (Lipinski definition) is 0. The number of aryl methyl sites for hydroxylation is 3. The number of hydrogen-bond acceptors (Lipinski definition) is 0. The van der Waals surface area contributed by atoms with Crippen molar-refractivity contribution in [2.45, 2.75) is 64.7 Å². The van der Waals surface area contributed by atoms with Gasteiger partial charge in [-0.15, -0.1) is 0 Å². The first-order valence-corrected chi connectivity index (χ1v) is 12.6. The van der Waals surface area contributed by atoms with Gasteiger partial charge in [0.05, 0.1) is 0 Å². The zero-order valence-corrected chi connectivity index (χ0v) is 25.1. The van der Waals surface area contributed by atoms with Crippen LogP contribution < -0.4 is 42.4 Å². The second-order valence-electron chi connectivity index (χ2n) is 8.85. The van der Waals surface area contributed by atoms with Gasteiger partial charge >= 0.3 is 186 Å². The van der Waals surface area contributed by atoms with Gasteiger partial charge in [0, 0.05) is 0 Å².